The van der Waals surface area contributed by atoms with Gasteiger partial charge < -0.3 is 10.2 Å². The van der Waals surface area contributed by atoms with Gasteiger partial charge in [0.25, 0.3) is 0 Å². The van der Waals surface area contributed by atoms with Crippen LogP contribution in [0.3, 0.4) is 0 Å². The standard InChI is InChI=1S/C23H24N6/c1-15-16(2)26-23(17-8-7-11-24-13-17)28-22(15)25-14-18-12-21(29(3)4)27-20-10-6-5-9-19(18)20/h5-13H,14H2,1-4H3,(H,25,26,28). The SMILES string of the molecule is Cc1nc(-c2cccnc2)nc(NCc2cc(N(C)C)nc3ccccc23)c1C. The number of fused-ring (bicyclic) bond motifs is 1. The Bertz CT molecular complexity index is 1150. The molecule has 0 fully saturated rings. The summed E-state index contributed by atoms with van der Waals surface area (Å²) in [7, 11) is 4.01. The van der Waals surface area contributed by atoms with Crippen molar-refractivity contribution in [2.75, 3.05) is 24.3 Å². The van der Waals surface area contributed by atoms with Gasteiger partial charge in [0.05, 0.1) is 5.52 Å². The second-order valence-electron chi connectivity index (χ2n) is 7.25. The van der Waals surface area contributed by atoms with Gasteiger partial charge in [-0.2, -0.15) is 0 Å². The smallest absolute Gasteiger partial charge is 0.163 e. The first-order valence-corrected chi connectivity index (χ1v) is 9.58. The summed E-state index contributed by atoms with van der Waals surface area (Å²) < 4.78 is 0. The van der Waals surface area contributed by atoms with E-state index in [-0.39, 0.29) is 0 Å². The second kappa shape index (κ2) is 7.83. The summed E-state index contributed by atoms with van der Waals surface area (Å²) >= 11 is 0. The van der Waals surface area contributed by atoms with E-state index in [1.165, 1.54) is 5.56 Å². The Labute approximate surface area is 170 Å². The van der Waals surface area contributed by atoms with Crippen LogP contribution in [0, 0.1) is 13.8 Å². The Hall–Kier alpha value is -3.54. The van der Waals surface area contributed by atoms with Crippen LogP contribution in [-0.4, -0.2) is 34.0 Å². The van der Waals surface area contributed by atoms with Crippen LogP contribution < -0.4 is 10.2 Å². The van der Waals surface area contributed by atoms with E-state index in [1.54, 1.807) is 12.4 Å². The van der Waals surface area contributed by atoms with Crippen molar-refractivity contribution >= 4 is 22.5 Å². The van der Waals surface area contributed by atoms with Crippen molar-refractivity contribution in [2.24, 2.45) is 0 Å². The molecule has 0 radical (unpaired) electrons. The number of para-hydroxylation sites is 1. The number of anilines is 2. The normalized spacial score (nSPS) is 10.9. The van der Waals surface area contributed by atoms with Crippen molar-refractivity contribution in [3.8, 4) is 11.4 Å². The lowest BCUT2D eigenvalue weighted by Gasteiger charge is -2.17. The first-order valence-electron chi connectivity index (χ1n) is 9.58. The van der Waals surface area contributed by atoms with Crippen LogP contribution in [0.2, 0.25) is 0 Å². The highest BCUT2D eigenvalue weighted by Gasteiger charge is 2.12. The minimum absolute atomic E-state index is 0.646. The van der Waals surface area contributed by atoms with E-state index in [1.807, 2.05) is 63.2 Å². The third kappa shape index (κ3) is 3.87. The number of rotatable bonds is 5. The Morgan fingerprint density at radius 3 is 2.55 bits per heavy atom. The number of benzene rings is 1. The molecule has 3 aromatic heterocycles. The molecule has 29 heavy (non-hydrogen) atoms. The minimum atomic E-state index is 0.646. The summed E-state index contributed by atoms with van der Waals surface area (Å²) in [6.45, 7) is 4.70. The Morgan fingerprint density at radius 1 is 0.966 bits per heavy atom. The number of hydrogen-bond donors (Lipinski definition) is 1. The molecule has 0 unspecified atom stereocenters. The van der Waals surface area contributed by atoms with Gasteiger partial charge in [-0.05, 0) is 43.7 Å². The van der Waals surface area contributed by atoms with Crippen LogP contribution in [-0.2, 0) is 6.54 Å². The van der Waals surface area contributed by atoms with E-state index in [4.69, 9.17) is 9.97 Å². The van der Waals surface area contributed by atoms with Crippen molar-refractivity contribution in [1.82, 2.24) is 19.9 Å². The van der Waals surface area contributed by atoms with Gasteiger partial charge in [-0.1, -0.05) is 18.2 Å². The molecule has 3 heterocycles. The molecule has 0 bridgehead atoms. The fraction of sp³-hybridized carbons (Fsp3) is 0.217. The van der Waals surface area contributed by atoms with Crippen molar-refractivity contribution in [2.45, 2.75) is 20.4 Å². The third-order valence-electron chi connectivity index (χ3n) is 5.00. The average Bonchev–Trinajstić information content (AvgIpc) is 2.74. The first kappa shape index (κ1) is 18.8. The van der Waals surface area contributed by atoms with Crippen molar-refractivity contribution in [1.29, 1.82) is 0 Å². The molecule has 6 nitrogen and oxygen atoms in total. The molecule has 1 aromatic carbocycles. The van der Waals surface area contributed by atoms with Gasteiger partial charge in [0.1, 0.15) is 11.6 Å². The van der Waals surface area contributed by atoms with Crippen LogP contribution >= 0.6 is 0 Å². The fourth-order valence-corrected chi connectivity index (χ4v) is 3.21. The molecule has 146 valence electrons. The highest BCUT2D eigenvalue weighted by atomic mass is 15.1. The van der Waals surface area contributed by atoms with Crippen molar-refractivity contribution in [3.63, 3.8) is 0 Å². The van der Waals surface area contributed by atoms with Crippen LogP contribution in [0.5, 0.6) is 0 Å². The highest BCUT2D eigenvalue weighted by molar-refractivity contribution is 5.84. The molecule has 0 aliphatic carbocycles. The fourth-order valence-electron chi connectivity index (χ4n) is 3.21. The van der Waals surface area contributed by atoms with Gasteiger partial charge in [0.2, 0.25) is 0 Å². The number of nitrogens with zero attached hydrogens (tertiary/aromatic N) is 5. The molecule has 0 aliphatic rings. The molecule has 0 spiro atoms. The summed E-state index contributed by atoms with van der Waals surface area (Å²) in [4.78, 5) is 20.4. The number of pyridine rings is 2. The summed E-state index contributed by atoms with van der Waals surface area (Å²) in [6.07, 6.45) is 3.54. The van der Waals surface area contributed by atoms with E-state index in [9.17, 15) is 0 Å². The van der Waals surface area contributed by atoms with Crippen molar-refractivity contribution < 1.29 is 0 Å². The molecule has 0 atom stereocenters. The zero-order valence-electron chi connectivity index (χ0n) is 17.1. The lowest BCUT2D eigenvalue weighted by atomic mass is 10.1. The predicted molar refractivity (Wildman–Crippen MR) is 118 cm³/mol. The molecule has 0 saturated carbocycles. The zero-order valence-corrected chi connectivity index (χ0v) is 17.1. The van der Waals surface area contributed by atoms with Gasteiger partial charge in [-0.15, -0.1) is 0 Å². The van der Waals surface area contributed by atoms with Crippen LogP contribution in [0.1, 0.15) is 16.8 Å². The molecule has 0 saturated heterocycles. The molecule has 0 amide bonds. The third-order valence-corrected chi connectivity index (χ3v) is 5.00. The molecule has 4 aromatic rings. The van der Waals surface area contributed by atoms with Crippen LogP contribution in [0.15, 0.2) is 54.9 Å². The predicted octanol–water partition coefficient (Wildman–Crippen LogP) is 4.38. The highest BCUT2D eigenvalue weighted by Crippen LogP contribution is 2.25. The van der Waals surface area contributed by atoms with Crippen molar-refractivity contribution in [3.05, 3.63) is 71.7 Å². The Balaban J connectivity index is 1.70. The quantitative estimate of drug-likeness (QED) is 0.551. The lowest BCUT2D eigenvalue weighted by molar-refractivity contribution is 1.03. The maximum atomic E-state index is 4.77. The summed E-state index contributed by atoms with van der Waals surface area (Å²) in [6, 6.07) is 14.2. The summed E-state index contributed by atoms with van der Waals surface area (Å²) in [5, 5.41) is 4.66. The summed E-state index contributed by atoms with van der Waals surface area (Å²) in [5.74, 6) is 2.45. The van der Waals surface area contributed by atoms with Crippen LogP contribution in [0.4, 0.5) is 11.6 Å². The van der Waals surface area contributed by atoms with E-state index < -0.39 is 0 Å². The van der Waals surface area contributed by atoms with Gasteiger partial charge in [-0.3, -0.25) is 4.98 Å². The molecular formula is C23H24N6. The first-order chi connectivity index (χ1) is 14.0. The monoisotopic (exact) mass is 384 g/mol. The summed E-state index contributed by atoms with van der Waals surface area (Å²) in [5.41, 5.74) is 5.07. The van der Waals surface area contributed by atoms with E-state index >= 15 is 0 Å². The topological polar surface area (TPSA) is 66.8 Å². The molecule has 4 rings (SSSR count). The lowest BCUT2D eigenvalue weighted by Crippen LogP contribution is -2.12. The average molecular weight is 384 g/mol. The van der Waals surface area contributed by atoms with Gasteiger partial charge in [0.15, 0.2) is 5.82 Å². The maximum Gasteiger partial charge on any atom is 0.163 e. The molecule has 6 heteroatoms. The number of aryl methyl sites for hydroxylation is 1. The minimum Gasteiger partial charge on any atom is -0.366 e. The zero-order chi connectivity index (χ0) is 20.4. The van der Waals surface area contributed by atoms with E-state index in [0.717, 1.165) is 39.4 Å². The Morgan fingerprint density at radius 2 is 1.79 bits per heavy atom. The molecule has 1 N–H and O–H groups in total. The second-order valence-corrected chi connectivity index (χ2v) is 7.25. The van der Waals surface area contributed by atoms with Gasteiger partial charge in [0, 0.05) is 55.2 Å². The largest absolute Gasteiger partial charge is 0.366 e. The van der Waals surface area contributed by atoms with Crippen LogP contribution in [0.25, 0.3) is 22.3 Å². The number of hydrogen-bond acceptors (Lipinski definition) is 6. The van der Waals surface area contributed by atoms with E-state index in [0.29, 0.717) is 12.4 Å². The number of nitrogens with one attached hydrogen (secondary N) is 1. The maximum absolute atomic E-state index is 4.77. The molecular weight excluding hydrogens is 360 g/mol. The Kier molecular flexibility index (Phi) is 5.08. The van der Waals surface area contributed by atoms with E-state index in [2.05, 4.69) is 27.4 Å². The number of aromatic nitrogens is 4. The van der Waals surface area contributed by atoms with Gasteiger partial charge >= 0.3 is 0 Å². The van der Waals surface area contributed by atoms with Gasteiger partial charge in [-0.25, -0.2) is 15.0 Å². The molecule has 0 aliphatic heterocycles.